The number of amides is 1. The van der Waals surface area contributed by atoms with Crippen LogP contribution in [-0.2, 0) is 4.79 Å². The highest BCUT2D eigenvalue weighted by molar-refractivity contribution is 5.80. The Labute approximate surface area is 130 Å². The number of carbonyl (C=O) groups is 1. The van der Waals surface area contributed by atoms with Crippen LogP contribution in [0, 0.1) is 5.92 Å². The van der Waals surface area contributed by atoms with Gasteiger partial charge in [0, 0.05) is 42.2 Å². The first-order valence-electron chi connectivity index (χ1n) is 8.40. The number of likely N-dealkylation sites (tertiary alicyclic amines) is 1. The molecule has 22 heavy (non-hydrogen) atoms. The van der Waals surface area contributed by atoms with Gasteiger partial charge in [0.1, 0.15) is 0 Å². The van der Waals surface area contributed by atoms with E-state index in [-0.39, 0.29) is 5.92 Å². The van der Waals surface area contributed by atoms with E-state index in [9.17, 15) is 4.79 Å². The van der Waals surface area contributed by atoms with Crippen LogP contribution in [0.25, 0.3) is 11.0 Å². The lowest BCUT2D eigenvalue weighted by molar-refractivity contribution is -0.136. The molecule has 1 saturated carbocycles. The van der Waals surface area contributed by atoms with Crippen LogP contribution in [0.4, 0.5) is 0 Å². The Morgan fingerprint density at radius 2 is 2.09 bits per heavy atom. The predicted octanol–water partition coefficient (Wildman–Crippen LogP) is 2.85. The highest BCUT2D eigenvalue weighted by atomic mass is 16.2. The summed E-state index contributed by atoms with van der Waals surface area (Å²) in [6, 6.07) is 4.02. The number of aromatic amines is 1. The zero-order valence-electron chi connectivity index (χ0n) is 12.8. The Kier molecular flexibility index (Phi) is 3.56. The van der Waals surface area contributed by atoms with Gasteiger partial charge >= 0.3 is 0 Å². The van der Waals surface area contributed by atoms with Gasteiger partial charge in [-0.15, -0.1) is 0 Å². The van der Waals surface area contributed by atoms with Gasteiger partial charge in [-0.25, -0.2) is 4.98 Å². The summed E-state index contributed by atoms with van der Waals surface area (Å²) in [5, 5.41) is 8.56. The summed E-state index contributed by atoms with van der Waals surface area (Å²) in [4.78, 5) is 19.0. The summed E-state index contributed by atoms with van der Waals surface area (Å²) in [5.41, 5.74) is 1.92. The molecule has 0 spiro atoms. The first kappa shape index (κ1) is 13.7. The number of pyridine rings is 1. The van der Waals surface area contributed by atoms with E-state index in [4.69, 9.17) is 0 Å². The molecule has 1 unspecified atom stereocenters. The highest BCUT2D eigenvalue weighted by Crippen LogP contribution is 2.32. The molecule has 1 aliphatic carbocycles. The number of nitrogens with zero attached hydrogens (tertiary/aromatic N) is 3. The van der Waals surface area contributed by atoms with Gasteiger partial charge < -0.3 is 4.90 Å². The number of hydrogen-bond acceptors (Lipinski definition) is 3. The molecular formula is C17H22N4O. The fourth-order valence-electron chi connectivity index (χ4n) is 4.02. The molecule has 1 atom stereocenters. The van der Waals surface area contributed by atoms with E-state index in [0.29, 0.717) is 11.8 Å². The molecule has 2 aromatic rings. The van der Waals surface area contributed by atoms with Crippen molar-refractivity contribution in [3.8, 4) is 0 Å². The molecule has 1 aliphatic heterocycles. The first-order chi connectivity index (χ1) is 10.8. The van der Waals surface area contributed by atoms with Gasteiger partial charge in [0.05, 0.1) is 0 Å². The molecular weight excluding hydrogens is 276 g/mol. The molecule has 2 aromatic heterocycles. The van der Waals surface area contributed by atoms with Crippen LogP contribution in [0.1, 0.15) is 50.1 Å². The van der Waals surface area contributed by atoms with Gasteiger partial charge in [-0.2, -0.15) is 5.10 Å². The van der Waals surface area contributed by atoms with Gasteiger partial charge in [-0.3, -0.25) is 9.89 Å². The van der Waals surface area contributed by atoms with E-state index in [2.05, 4.69) is 26.1 Å². The molecule has 1 amide bonds. The number of rotatable bonds is 2. The van der Waals surface area contributed by atoms with Crippen LogP contribution in [0.3, 0.4) is 0 Å². The van der Waals surface area contributed by atoms with Crippen molar-refractivity contribution in [2.75, 3.05) is 13.1 Å². The zero-order chi connectivity index (χ0) is 14.9. The summed E-state index contributed by atoms with van der Waals surface area (Å²) in [6.07, 6.45) is 8.54. The number of nitrogens with one attached hydrogen (secondary N) is 1. The quantitative estimate of drug-likeness (QED) is 0.927. The Morgan fingerprint density at radius 1 is 1.23 bits per heavy atom. The van der Waals surface area contributed by atoms with Crippen molar-refractivity contribution in [2.45, 2.75) is 44.4 Å². The normalized spacial score (nSPS) is 23.3. The van der Waals surface area contributed by atoms with Crippen LogP contribution in [0.2, 0.25) is 0 Å². The first-order valence-corrected chi connectivity index (χ1v) is 8.40. The maximum absolute atomic E-state index is 12.7. The summed E-state index contributed by atoms with van der Waals surface area (Å²) in [5.74, 6) is 1.01. The minimum atomic E-state index is 0.277. The summed E-state index contributed by atoms with van der Waals surface area (Å²) in [6.45, 7) is 1.73. The maximum atomic E-state index is 12.7. The van der Waals surface area contributed by atoms with Crippen molar-refractivity contribution in [1.29, 1.82) is 0 Å². The lowest BCUT2D eigenvalue weighted by Crippen LogP contribution is -2.42. The number of piperidine rings is 1. The monoisotopic (exact) mass is 298 g/mol. The van der Waals surface area contributed by atoms with E-state index in [1.54, 1.807) is 6.20 Å². The highest BCUT2D eigenvalue weighted by Gasteiger charge is 2.32. The molecule has 2 fully saturated rings. The second kappa shape index (κ2) is 5.71. The van der Waals surface area contributed by atoms with Crippen molar-refractivity contribution < 1.29 is 4.79 Å². The molecule has 3 heterocycles. The number of H-pyrrole nitrogens is 1. The second-order valence-corrected chi connectivity index (χ2v) is 6.62. The van der Waals surface area contributed by atoms with Crippen LogP contribution in [-0.4, -0.2) is 39.1 Å². The zero-order valence-corrected chi connectivity index (χ0v) is 12.8. The molecule has 0 radical (unpaired) electrons. The van der Waals surface area contributed by atoms with E-state index in [1.165, 1.54) is 12.8 Å². The number of carbonyl (C=O) groups excluding carboxylic acids is 1. The van der Waals surface area contributed by atoms with E-state index >= 15 is 0 Å². The van der Waals surface area contributed by atoms with Crippen LogP contribution < -0.4 is 0 Å². The molecule has 0 bridgehead atoms. The minimum Gasteiger partial charge on any atom is -0.342 e. The van der Waals surface area contributed by atoms with Crippen molar-refractivity contribution >= 4 is 16.9 Å². The summed E-state index contributed by atoms with van der Waals surface area (Å²) >= 11 is 0. The lowest BCUT2D eigenvalue weighted by atomic mass is 9.92. The van der Waals surface area contributed by atoms with Crippen molar-refractivity contribution in [3.63, 3.8) is 0 Å². The molecule has 116 valence electrons. The average Bonchev–Trinajstić information content (AvgIpc) is 3.24. The third-order valence-corrected chi connectivity index (χ3v) is 5.20. The largest absolute Gasteiger partial charge is 0.342 e. The third-order valence-electron chi connectivity index (χ3n) is 5.20. The van der Waals surface area contributed by atoms with E-state index in [0.717, 1.165) is 55.5 Å². The van der Waals surface area contributed by atoms with Crippen LogP contribution in [0.15, 0.2) is 18.3 Å². The van der Waals surface area contributed by atoms with Gasteiger partial charge in [-0.1, -0.05) is 12.8 Å². The Balaban J connectivity index is 1.54. The maximum Gasteiger partial charge on any atom is 0.225 e. The average molecular weight is 298 g/mol. The lowest BCUT2D eigenvalue weighted by Gasteiger charge is -2.34. The fraction of sp³-hybridized carbons (Fsp3) is 0.588. The Morgan fingerprint density at radius 3 is 2.95 bits per heavy atom. The molecule has 4 rings (SSSR count). The predicted molar refractivity (Wildman–Crippen MR) is 84.4 cm³/mol. The number of aromatic nitrogens is 3. The standard InChI is InChI=1S/C17H22N4O/c22-17(12-5-1-2-6-12)21-10-4-7-13(11-21)15-14-8-3-9-18-16(14)20-19-15/h3,8-9,12-13H,1-2,4-7,10-11H2,(H,18,19,20). The molecule has 2 aliphatic rings. The van der Waals surface area contributed by atoms with Crippen molar-refractivity contribution in [1.82, 2.24) is 20.1 Å². The van der Waals surface area contributed by atoms with Gasteiger partial charge in [0.2, 0.25) is 5.91 Å². The molecule has 5 nitrogen and oxygen atoms in total. The van der Waals surface area contributed by atoms with Gasteiger partial charge in [0.15, 0.2) is 5.65 Å². The van der Waals surface area contributed by atoms with Gasteiger partial charge in [0.25, 0.3) is 0 Å². The van der Waals surface area contributed by atoms with Crippen molar-refractivity contribution in [2.24, 2.45) is 5.92 Å². The van der Waals surface area contributed by atoms with Crippen LogP contribution >= 0.6 is 0 Å². The third kappa shape index (κ3) is 2.38. The second-order valence-electron chi connectivity index (χ2n) is 6.62. The fourth-order valence-corrected chi connectivity index (χ4v) is 4.02. The molecule has 1 N–H and O–H groups in total. The van der Waals surface area contributed by atoms with Crippen molar-refractivity contribution in [3.05, 3.63) is 24.0 Å². The minimum absolute atomic E-state index is 0.277. The van der Waals surface area contributed by atoms with Crippen LogP contribution in [0.5, 0.6) is 0 Å². The molecule has 5 heteroatoms. The summed E-state index contributed by atoms with van der Waals surface area (Å²) < 4.78 is 0. The Hall–Kier alpha value is -1.91. The van der Waals surface area contributed by atoms with E-state index < -0.39 is 0 Å². The molecule has 0 aromatic carbocycles. The molecule has 1 saturated heterocycles. The number of hydrogen-bond donors (Lipinski definition) is 1. The Bertz CT molecular complexity index is 674. The SMILES string of the molecule is O=C(C1CCCC1)N1CCCC(c2[nH]nc3ncccc23)C1. The number of fused-ring (bicyclic) bond motifs is 1. The van der Waals surface area contributed by atoms with Gasteiger partial charge in [-0.05, 0) is 37.8 Å². The summed E-state index contributed by atoms with van der Waals surface area (Å²) in [7, 11) is 0. The smallest absolute Gasteiger partial charge is 0.225 e. The topological polar surface area (TPSA) is 61.9 Å². The van der Waals surface area contributed by atoms with E-state index in [1.807, 2.05) is 6.07 Å².